The molecule has 6 rings (SSSR count). The third-order valence-corrected chi connectivity index (χ3v) is 7.69. The van der Waals surface area contributed by atoms with Crippen LogP contribution in [0.1, 0.15) is 40.9 Å². The number of rotatable bonds is 5. The molecule has 1 amide bonds. The number of anilines is 1. The second-order valence-corrected chi connectivity index (χ2v) is 9.65. The van der Waals surface area contributed by atoms with Crippen molar-refractivity contribution in [3.8, 4) is 11.5 Å². The predicted octanol–water partition coefficient (Wildman–Crippen LogP) is 5.01. The first-order valence-corrected chi connectivity index (χ1v) is 11.5. The van der Waals surface area contributed by atoms with Crippen molar-refractivity contribution in [2.45, 2.75) is 31.1 Å². The number of thiophene rings is 1. The SMILES string of the molecule is O=C(c1cc2cc(NCC3(c4ccc5c(c4)OCO5)CC3)ccc2s1)N1CCCC1. The Morgan fingerprint density at radius 1 is 1.03 bits per heavy atom. The maximum atomic E-state index is 12.7. The minimum absolute atomic E-state index is 0.168. The normalized spacial score (nSPS) is 18.7. The minimum Gasteiger partial charge on any atom is -0.454 e. The summed E-state index contributed by atoms with van der Waals surface area (Å²) in [7, 11) is 0. The summed E-state index contributed by atoms with van der Waals surface area (Å²) in [6.07, 6.45) is 4.59. The third kappa shape index (κ3) is 3.10. The number of hydrogen-bond donors (Lipinski definition) is 1. The molecule has 1 saturated carbocycles. The summed E-state index contributed by atoms with van der Waals surface area (Å²) in [4.78, 5) is 15.5. The average molecular weight is 421 g/mol. The van der Waals surface area contributed by atoms with Crippen LogP contribution in [0.5, 0.6) is 11.5 Å². The van der Waals surface area contributed by atoms with E-state index in [1.54, 1.807) is 11.3 Å². The molecular formula is C24H24N2O3S. The van der Waals surface area contributed by atoms with Crippen molar-refractivity contribution in [3.05, 3.63) is 52.9 Å². The van der Waals surface area contributed by atoms with Crippen molar-refractivity contribution in [1.82, 2.24) is 4.90 Å². The number of ether oxygens (including phenoxy) is 2. The number of carbonyl (C=O) groups is 1. The fourth-order valence-electron chi connectivity index (χ4n) is 4.55. The van der Waals surface area contributed by atoms with Crippen LogP contribution in [0, 0.1) is 0 Å². The Kier molecular flexibility index (Phi) is 4.16. The summed E-state index contributed by atoms with van der Waals surface area (Å²) >= 11 is 1.60. The number of amides is 1. The van der Waals surface area contributed by atoms with E-state index >= 15 is 0 Å². The Bertz CT molecular complexity index is 1130. The van der Waals surface area contributed by atoms with Crippen LogP contribution >= 0.6 is 11.3 Å². The lowest BCUT2D eigenvalue weighted by molar-refractivity contribution is 0.0797. The van der Waals surface area contributed by atoms with Crippen molar-refractivity contribution in [2.75, 3.05) is 31.7 Å². The molecule has 0 atom stereocenters. The van der Waals surface area contributed by atoms with Crippen molar-refractivity contribution in [1.29, 1.82) is 0 Å². The topological polar surface area (TPSA) is 50.8 Å². The molecule has 0 radical (unpaired) electrons. The van der Waals surface area contributed by atoms with Gasteiger partial charge in [0, 0.05) is 35.4 Å². The van der Waals surface area contributed by atoms with Crippen molar-refractivity contribution in [2.24, 2.45) is 0 Å². The lowest BCUT2D eigenvalue weighted by atomic mass is 9.95. The molecule has 2 fully saturated rings. The molecule has 0 bridgehead atoms. The zero-order valence-electron chi connectivity index (χ0n) is 16.8. The first-order valence-electron chi connectivity index (χ1n) is 10.7. The molecular weight excluding hydrogens is 396 g/mol. The summed E-state index contributed by atoms with van der Waals surface area (Å²) in [5.74, 6) is 1.88. The van der Waals surface area contributed by atoms with Gasteiger partial charge in [0.2, 0.25) is 6.79 Å². The van der Waals surface area contributed by atoms with Gasteiger partial charge in [-0.15, -0.1) is 11.3 Å². The van der Waals surface area contributed by atoms with Crippen molar-refractivity contribution < 1.29 is 14.3 Å². The lowest BCUT2D eigenvalue weighted by Crippen LogP contribution is -2.26. The van der Waals surface area contributed by atoms with Crippen LogP contribution in [0.2, 0.25) is 0 Å². The summed E-state index contributed by atoms with van der Waals surface area (Å²) in [5.41, 5.74) is 2.59. The molecule has 6 heteroatoms. The van der Waals surface area contributed by atoms with Crippen molar-refractivity contribution >= 4 is 33.0 Å². The number of hydrogen-bond acceptors (Lipinski definition) is 5. The molecule has 1 N–H and O–H groups in total. The Morgan fingerprint density at radius 2 is 1.87 bits per heavy atom. The van der Waals surface area contributed by atoms with Gasteiger partial charge in [-0.3, -0.25) is 4.79 Å². The van der Waals surface area contributed by atoms with Crippen LogP contribution in [0.3, 0.4) is 0 Å². The monoisotopic (exact) mass is 420 g/mol. The van der Waals surface area contributed by atoms with E-state index in [1.807, 2.05) is 11.0 Å². The van der Waals surface area contributed by atoms with E-state index in [0.29, 0.717) is 6.79 Å². The third-order valence-electron chi connectivity index (χ3n) is 6.59. The highest BCUT2D eigenvalue weighted by molar-refractivity contribution is 7.20. The summed E-state index contributed by atoms with van der Waals surface area (Å²) < 4.78 is 12.2. The van der Waals surface area contributed by atoms with Gasteiger partial charge in [0.1, 0.15) is 0 Å². The van der Waals surface area contributed by atoms with E-state index in [-0.39, 0.29) is 11.3 Å². The maximum absolute atomic E-state index is 12.7. The van der Waals surface area contributed by atoms with Crippen LogP contribution in [-0.4, -0.2) is 37.2 Å². The molecule has 3 aliphatic rings. The van der Waals surface area contributed by atoms with Gasteiger partial charge < -0.3 is 19.7 Å². The predicted molar refractivity (Wildman–Crippen MR) is 119 cm³/mol. The molecule has 1 aromatic heterocycles. The quantitative estimate of drug-likeness (QED) is 0.630. The Labute approximate surface area is 179 Å². The Balaban J connectivity index is 1.18. The number of likely N-dealkylation sites (tertiary alicyclic amines) is 1. The number of nitrogens with zero attached hydrogens (tertiary/aromatic N) is 1. The molecule has 2 aliphatic heterocycles. The molecule has 1 saturated heterocycles. The first-order chi connectivity index (χ1) is 14.7. The zero-order chi connectivity index (χ0) is 20.1. The highest BCUT2D eigenvalue weighted by atomic mass is 32.1. The fourth-order valence-corrected chi connectivity index (χ4v) is 5.56. The van der Waals surface area contributed by atoms with Gasteiger partial charge in [-0.2, -0.15) is 0 Å². The van der Waals surface area contributed by atoms with E-state index in [2.05, 4.69) is 41.7 Å². The molecule has 1 aliphatic carbocycles. The van der Waals surface area contributed by atoms with E-state index in [9.17, 15) is 4.79 Å². The highest BCUT2D eigenvalue weighted by Gasteiger charge is 2.44. The zero-order valence-corrected chi connectivity index (χ0v) is 17.6. The molecule has 0 unspecified atom stereocenters. The molecule has 3 aromatic rings. The minimum atomic E-state index is 0.168. The smallest absolute Gasteiger partial charge is 0.263 e. The highest BCUT2D eigenvalue weighted by Crippen LogP contribution is 2.50. The maximum Gasteiger partial charge on any atom is 0.263 e. The molecule has 30 heavy (non-hydrogen) atoms. The van der Waals surface area contributed by atoms with Crippen LogP contribution in [0.15, 0.2) is 42.5 Å². The van der Waals surface area contributed by atoms with Crippen LogP contribution < -0.4 is 14.8 Å². The van der Waals surface area contributed by atoms with Crippen LogP contribution in [0.25, 0.3) is 10.1 Å². The summed E-state index contributed by atoms with van der Waals surface area (Å²) in [6, 6.07) is 14.8. The number of nitrogens with one attached hydrogen (secondary N) is 1. The number of fused-ring (bicyclic) bond motifs is 2. The largest absolute Gasteiger partial charge is 0.454 e. The number of carbonyl (C=O) groups excluding carboxylic acids is 1. The molecule has 0 spiro atoms. The number of benzene rings is 2. The van der Waals surface area contributed by atoms with E-state index < -0.39 is 0 Å². The fraction of sp³-hybridized carbons (Fsp3) is 0.375. The second kappa shape index (κ2) is 6.91. The van der Waals surface area contributed by atoms with Gasteiger partial charge in [0.05, 0.1) is 4.88 Å². The van der Waals surface area contributed by atoms with Gasteiger partial charge in [0.25, 0.3) is 5.91 Å². The van der Waals surface area contributed by atoms with Crippen molar-refractivity contribution in [3.63, 3.8) is 0 Å². The van der Waals surface area contributed by atoms with E-state index in [0.717, 1.165) is 59.9 Å². The average Bonchev–Trinajstić information content (AvgIpc) is 3.18. The van der Waals surface area contributed by atoms with Crippen LogP contribution in [-0.2, 0) is 5.41 Å². The molecule has 154 valence electrons. The first kappa shape index (κ1) is 18.1. The van der Waals surface area contributed by atoms with Gasteiger partial charge in [-0.05, 0) is 73.0 Å². The lowest BCUT2D eigenvalue weighted by Gasteiger charge is -2.18. The van der Waals surface area contributed by atoms with E-state index in [4.69, 9.17) is 9.47 Å². The van der Waals surface area contributed by atoms with E-state index in [1.165, 1.54) is 23.1 Å². The second-order valence-electron chi connectivity index (χ2n) is 8.56. The summed E-state index contributed by atoms with van der Waals surface area (Å²) in [6.45, 7) is 2.98. The van der Waals surface area contributed by atoms with Gasteiger partial charge in [0.15, 0.2) is 11.5 Å². The molecule has 3 heterocycles. The Morgan fingerprint density at radius 3 is 2.70 bits per heavy atom. The molecule has 5 nitrogen and oxygen atoms in total. The van der Waals surface area contributed by atoms with Gasteiger partial charge >= 0.3 is 0 Å². The van der Waals surface area contributed by atoms with Gasteiger partial charge in [-0.1, -0.05) is 6.07 Å². The van der Waals surface area contributed by atoms with Gasteiger partial charge in [-0.25, -0.2) is 0 Å². The van der Waals surface area contributed by atoms with Crippen LogP contribution in [0.4, 0.5) is 5.69 Å². The Hall–Kier alpha value is -2.73. The molecule has 2 aromatic carbocycles. The standard InChI is InChI=1S/C24H24N2O3S/c27-23(26-9-1-2-10-26)22-12-16-11-18(4-6-21(16)30-22)25-14-24(7-8-24)17-3-5-19-20(13-17)29-15-28-19/h3-6,11-13,25H,1-2,7-10,14-15H2. The summed E-state index contributed by atoms with van der Waals surface area (Å²) in [5, 5.41) is 4.78.